The lowest BCUT2D eigenvalue weighted by Crippen LogP contribution is -2.32. The summed E-state index contributed by atoms with van der Waals surface area (Å²) in [5, 5.41) is 17.3. The fourth-order valence-corrected chi connectivity index (χ4v) is 6.93. The molecule has 0 atom stereocenters. The zero-order valence-corrected chi connectivity index (χ0v) is 37.5. The van der Waals surface area contributed by atoms with E-state index in [0.717, 1.165) is 0 Å². The van der Waals surface area contributed by atoms with Crippen LogP contribution in [0.1, 0.15) is 87.7 Å². The highest BCUT2D eigenvalue weighted by atomic mass is 16.6. The number of aryl methyl sites for hydroxylation is 4. The summed E-state index contributed by atoms with van der Waals surface area (Å²) in [6, 6.07) is 9.35. The number of hydrogen-bond acceptors (Lipinski definition) is 12. The van der Waals surface area contributed by atoms with Gasteiger partial charge in [-0.15, -0.1) is 0 Å². The molecular formula is C44H53N13O8. The Morgan fingerprint density at radius 3 is 1.62 bits per heavy atom. The summed E-state index contributed by atoms with van der Waals surface area (Å²) in [6.45, 7) is 13.9. The number of imidazole rings is 2. The quantitative estimate of drug-likeness (QED) is 0.0724. The second-order valence-corrected chi connectivity index (χ2v) is 15.7. The average molecular weight is 892 g/mol. The van der Waals surface area contributed by atoms with E-state index < -0.39 is 35.3 Å². The Hall–Kier alpha value is -7.97. The number of nitrogens with two attached hydrogens (primary N) is 2. The van der Waals surface area contributed by atoms with E-state index in [1.807, 2.05) is 26.0 Å². The van der Waals surface area contributed by atoms with Crippen molar-refractivity contribution in [1.82, 2.24) is 44.0 Å². The molecular weight excluding hydrogens is 839 g/mol. The first kappa shape index (κ1) is 46.5. The highest BCUT2D eigenvalue weighted by Crippen LogP contribution is 2.33. The van der Waals surface area contributed by atoms with Crippen molar-refractivity contribution in [2.24, 2.45) is 11.5 Å². The minimum atomic E-state index is -0.723. The Morgan fingerprint density at radius 2 is 1.17 bits per heavy atom. The number of primary amides is 2. The molecule has 65 heavy (non-hydrogen) atoms. The highest BCUT2D eigenvalue weighted by Gasteiger charge is 2.24. The van der Waals surface area contributed by atoms with E-state index in [1.54, 1.807) is 77.4 Å². The van der Waals surface area contributed by atoms with Crippen LogP contribution in [0.15, 0.2) is 60.7 Å². The summed E-state index contributed by atoms with van der Waals surface area (Å²) in [6.07, 6.45) is 6.41. The van der Waals surface area contributed by atoms with Crippen molar-refractivity contribution < 1.29 is 38.2 Å². The summed E-state index contributed by atoms with van der Waals surface area (Å²) in [4.78, 5) is 73.8. The van der Waals surface area contributed by atoms with Gasteiger partial charge in [0.25, 0.3) is 11.8 Å². The molecule has 7 N–H and O–H groups in total. The van der Waals surface area contributed by atoms with Crippen molar-refractivity contribution >= 4 is 63.7 Å². The number of carbonyl (C=O) groups is 5. The predicted octanol–water partition coefficient (Wildman–Crippen LogP) is 4.86. The van der Waals surface area contributed by atoms with E-state index in [-0.39, 0.29) is 55.0 Å². The number of ether oxygens (including phenoxy) is 3. The van der Waals surface area contributed by atoms with Gasteiger partial charge in [-0.3, -0.25) is 39.2 Å². The van der Waals surface area contributed by atoms with Gasteiger partial charge >= 0.3 is 6.09 Å². The summed E-state index contributed by atoms with van der Waals surface area (Å²) in [5.74, 6) is -1.52. The standard InChI is InChI=1S/C44H53N13O8/c1-9-56-31(19-25(3)52-56)39(60)50-41-48-29-21-27(37(45)58)23-33(63-8)35(29)54(41)16-12-13-17-55-36-30(49-42(55)51-40(61)32-20-26(4)53-57(32)10-2)22-28(38(46)59)24-34(36)64-18-14-11-15-47-43(62)65-44(5,6)7/h11-14,19-24H,9-10,15-18H2,1-8H3,(H2,45,58)(H2,46,59)(H,47,62)(H,48,50,60)(H,49,51,61)/b13-12+,14-11+. The van der Waals surface area contributed by atoms with Crippen LogP contribution in [0, 0.1) is 13.8 Å². The third-order valence-electron chi connectivity index (χ3n) is 9.73. The van der Waals surface area contributed by atoms with Crippen LogP contribution in [0.25, 0.3) is 22.1 Å². The fraction of sp³-hybridized carbons (Fsp3) is 0.341. The molecule has 0 bridgehead atoms. The molecule has 0 aliphatic rings. The van der Waals surface area contributed by atoms with Gasteiger partial charge in [-0.25, -0.2) is 14.8 Å². The minimum Gasteiger partial charge on any atom is -0.494 e. The van der Waals surface area contributed by atoms with Gasteiger partial charge < -0.3 is 40.1 Å². The molecule has 0 aliphatic heterocycles. The number of aromatic nitrogens is 8. The first-order valence-corrected chi connectivity index (χ1v) is 20.7. The van der Waals surface area contributed by atoms with E-state index in [4.69, 9.17) is 30.7 Å². The summed E-state index contributed by atoms with van der Waals surface area (Å²) in [5.41, 5.74) is 14.5. The van der Waals surface area contributed by atoms with Crippen LogP contribution in [0.3, 0.4) is 0 Å². The van der Waals surface area contributed by atoms with Crippen LogP contribution in [-0.4, -0.2) is 94.2 Å². The molecule has 0 saturated carbocycles. The number of rotatable bonds is 18. The van der Waals surface area contributed by atoms with Crippen LogP contribution in [0.2, 0.25) is 0 Å². The molecule has 2 aromatic carbocycles. The third kappa shape index (κ3) is 10.8. The molecule has 4 aromatic heterocycles. The first-order chi connectivity index (χ1) is 30.9. The lowest BCUT2D eigenvalue weighted by Gasteiger charge is -2.19. The van der Waals surface area contributed by atoms with Crippen molar-refractivity contribution in [1.29, 1.82) is 0 Å². The molecule has 6 rings (SSSR count). The summed E-state index contributed by atoms with van der Waals surface area (Å²) >= 11 is 0. The van der Waals surface area contributed by atoms with Crippen LogP contribution in [-0.2, 0) is 30.9 Å². The van der Waals surface area contributed by atoms with Crippen molar-refractivity contribution in [2.75, 3.05) is 30.9 Å². The largest absolute Gasteiger partial charge is 0.494 e. The molecule has 0 unspecified atom stereocenters. The molecule has 4 heterocycles. The van der Waals surface area contributed by atoms with Gasteiger partial charge in [0, 0.05) is 43.9 Å². The first-order valence-electron chi connectivity index (χ1n) is 20.7. The van der Waals surface area contributed by atoms with E-state index in [0.29, 0.717) is 63.7 Å². The predicted molar refractivity (Wildman–Crippen MR) is 242 cm³/mol. The minimum absolute atomic E-state index is 0.0189. The molecule has 0 fully saturated rings. The number of benzene rings is 2. The monoisotopic (exact) mass is 891 g/mol. The topological polar surface area (TPSA) is 272 Å². The zero-order valence-electron chi connectivity index (χ0n) is 37.5. The molecule has 5 amide bonds. The summed E-state index contributed by atoms with van der Waals surface area (Å²) in [7, 11) is 1.45. The Labute approximate surface area is 373 Å². The smallest absolute Gasteiger partial charge is 0.407 e. The second-order valence-electron chi connectivity index (χ2n) is 15.7. The Balaban J connectivity index is 1.37. The van der Waals surface area contributed by atoms with Gasteiger partial charge in [0.05, 0.1) is 29.5 Å². The maximum atomic E-state index is 13.8. The number of hydrogen-bond donors (Lipinski definition) is 5. The Bertz CT molecular complexity index is 2860. The number of anilines is 2. The van der Waals surface area contributed by atoms with E-state index >= 15 is 0 Å². The number of nitrogens with zero attached hydrogens (tertiary/aromatic N) is 8. The fourth-order valence-electron chi connectivity index (χ4n) is 6.93. The van der Waals surface area contributed by atoms with Crippen molar-refractivity contribution in [2.45, 2.75) is 80.2 Å². The third-order valence-corrected chi connectivity index (χ3v) is 9.73. The lowest BCUT2D eigenvalue weighted by atomic mass is 10.1. The van der Waals surface area contributed by atoms with Gasteiger partial charge in [0.15, 0.2) is 0 Å². The second kappa shape index (κ2) is 19.6. The molecule has 6 aromatic rings. The molecule has 0 aliphatic carbocycles. The summed E-state index contributed by atoms with van der Waals surface area (Å²) < 4.78 is 23.7. The van der Waals surface area contributed by atoms with E-state index in [2.05, 4.69) is 31.1 Å². The Morgan fingerprint density at radius 1 is 0.692 bits per heavy atom. The number of methoxy groups -OCH3 is 1. The van der Waals surface area contributed by atoms with Gasteiger partial charge in [0.2, 0.25) is 23.7 Å². The molecule has 0 saturated heterocycles. The number of alkyl carbamates (subject to hydrolysis) is 1. The number of fused-ring (bicyclic) bond motifs is 2. The van der Waals surface area contributed by atoms with Gasteiger partial charge in [0.1, 0.15) is 46.1 Å². The maximum Gasteiger partial charge on any atom is 0.407 e. The van der Waals surface area contributed by atoms with Crippen molar-refractivity contribution in [3.63, 3.8) is 0 Å². The van der Waals surface area contributed by atoms with Crippen molar-refractivity contribution in [3.05, 3.63) is 94.6 Å². The van der Waals surface area contributed by atoms with Crippen LogP contribution in [0.5, 0.6) is 11.5 Å². The van der Waals surface area contributed by atoms with Gasteiger partial charge in [-0.05, 0) is 90.9 Å². The molecule has 342 valence electrons. The number of amides is 5. The maximum absolute atomic E-state index is 13.8. The number of nitrogens with one attached hydrogen (secondary N) is 3. The number of carbonyl (C=O) groups excluding carboxylic acids is 5. The molecule has 21 heteroatoms. The number of allylic oxidation sites excluding steroid dienone is 2. The molecule has 0 radical (unpaired) electrons. The van der Waals surface area contributed by atoms with Gasteiger partial charge in [-0.1, -0.05) is 18.2 Å². The van der Waals surface area contributed by atoms with Gasteiger partial charge in [-0.2, -0.15) is 10.2 Å². The van der Waals surface area contributed by atoms with E-state index in [9.17, 15) is 24.0 Å². The van der Waals surface area contributed by atoms with Crippen molar-refractivity contribution in [3.8, 4) is 11.5 Å². The molecule has 0 spiro atoms. The molecule has 21 nitrogen and oxygen atoms in total. The normalized spacial score (nSPS) is 11.8. The van der Waals surface area contributed by atoms with Crippen LogP contribution < -0.4 is 36.9 Å². The highest BCUT2D eigenvalue weighted by molar-refractivity contribution is 6.05. The van der Waals surface area contributed by atoms with Crippen LogP contribution >= 0.6 is 0 Å². The average Bonchev–Trinajstić information content (AvgIpc) is 4.01. The SMILES string of the molecule is CCn1nc(C)cc1C(=O)Nc1nc2cc(C(N)=O)cc(OC)c2n1C/C=C/Cn1c(NC(=O)c2cc(C)nn2CC)nc2cc(C(N)=O)cc(OC/C=C/CNC(=O)OC(C)(C)C)c21. The Kier molecular flexibility index (Phi) is 14.0. The van der Waals surface area contributed by atoms with Crippen LogP contribution in [0.4, 0.5) is 16.7 Å². The zero-order chi connectivity index (χ0) is 47.2. The van der Waals surface area contributed by atoms with E-state index in [1.165, 1.54) is 31.4 Å². The lowest BCUT2D eigenvalue weighted by molar-refractivity contribution is 0.0533.